The molecule has 2 amide bonds. The molecule has 1 heterocycles. The van der Waals surface area contributed by atoms with Crippen molar-refractivity contribution >= 4 is 35.3 Å². The van der Waals surface area contributed by atoms with Gasteiger partial charge in [-0.05, 0) is 36.9 Å². The number of hydrogen-bond acceptors (Lipinski definition) is 4. The van der Waals surface area contributed by atoms with Gasteiger partial charge >= 0.3 is 0 Å². The van der Waals surface area contributed by atoms with Crippen molar-refractivity contribution in [3.05, 3.63) is 0 Å². The van der Waals surface area contributed by atoms with E-state index in [2.05, 4.69) is 10.6 Å². The number of thioether (sulfide) groups is 2. The van der Waals surface area contributed by atoms with Crippen LogP contribution >= 0.6 is 23.5 Å². The van der Waals surface area contributed by atoms with Crippen LogP contribution in [0.1, 0.15) is 12.8 Å². The van der Waals surface area contributed by atoms with Crippen LogP contribution in [-0.2, 0) is 9.59 Å². The van der Waals surface area contributed by atoms with Gasteiger partial charge in [0.2, 0.25) is 11.8 Å². The van der Waals surface area contributed by atoms with Crippen LogP contribution in [0.25, 0.3) is 0 Å². The first-order chi connectivity index (χ1) is 7.69. The molecule has 6 heteroatoms. The summed E-state index contributed by atoms with van der Waals surface area (Å²) in [4.78, 5) is 23.4. The molecule has 0 radical (unpaired) electrons. The predicted octanol–water partition coefficient (Wildman–Crippen LogP) is 0.476. The Morgan fingerprint density at radius 2 is 1.31 bits per heavy atom. The zero-order valence-electron chi connectivity index (χ0n) is 9.62. The highest BCUT2D eigenvalue weighted by Crippen LogP contribution is 2.09. The fourth-order valence-corrected chi connectivity index (χ4v) is 2.50. The molecular formula is C10H18N2O2S2. The van der Waals surface area contributed by atoms with Crippen molar-refractivity contribution in [3.63, 3.8) is 0 Å². The molecule has 4 nitrogen and oxygen atoms in total. The Balaban J connectivity index is 2.43. The van der Waals surface area contributed by atoms with E-state index in [9.17, 15) is 9.59 Å². The van der Waals surface area contributed by atoms with Gasteiger partial charge in [-0.15, -0.1) is 0 Å². The van der Waals surface area contributed by atoms with Gasteiger partial charge in [-0.3, -0.25) is 9.59 Å². The average Bonchev–Trinajstić information content (AvgIpc) is 2.28. The lowest BCUT2D eigenvalue weighted by molar-refractivity contribution is -0.136. The van der Waals surface area contributed by atoms with Crippen molar-refractivity contribution in [1.82, 2.24) is 10.6 Å². The minimum atomic E-state index is -0.342. The molecule has 0 aromatic heterocycles. The van der Waals surface area contributed by atoms with Gasteiger partial charge in [0.1, 0.15) is 12.1 Å². The number of carbonyl (C=O) groups excluding carboxylic acids is 2. The fourth-order valence-electron chi connectivity index (χ4n) is 1.55. The molecular weight excluding hydrogens is 244 g/mol. The molecule has 0 saturated carbocycles. The van der Waals surface area contributed by atoms with Crippen molar-refractivity contribution in [2.75, 3.05) is 24.0 Å². The van der Waals surface area contributed by atoms with Gasteiger partial charge in [0.25, 0.3) is 0 Å². The summed E-state index contributed by atoms with van der Waals surface area (Å²) in [6.45, 7) is 0. The van der Waals surface area contributed by atoms with Crippen LogP contribution in [0, 0.1) is 0 Å². The van der Waals surface area contributed by atoms with E-state index in [0.717, 1.165) is 11.5 Å². The largest absolute Gasteiger partial charge is 0.342 e. The lowest BCUT2D eigenvalue weighted by atomic mass is 10.1. The summed E-state index contributed by atoms with van der Waals surface area (Å²) in [5.74, 6) is 1.68. The minimum Gasteiger partial charge on any atom is -0.342 e. The average molecular weight is 262 g/mol. The second-order valence-corrected chi connectivity index (χ2v) is 5.66. The van der Waals surface area contributed by atoms with E-state index >= 15 is 0 Å². The second kappa shape index (κ2) is 7.06. The molecule has 1 aliphatic heterocycles. The molecule has 0 aromatic rings. The zero-order valence-corrected chi connectivity index (χ0v) is 11.2. The van der Waals surface area contributed by atoms with E-state index in [4.69, 9.17) is 0 Å². The Kier molecular flexibility index (Phi) is 6.05. The van der Waals surface area contributed by atoms with Crippen molar-refractivity contribution in [2.24, 2.45) is 0 Å². The summed E-state index contributed by atoms with van der Waals surface area (Å²) in [5, 5.41) is 5.57. The van der Waals surface area contributed by atoms with Crippen LogP contribution in [0.2, 0.25) is 0 Å². The van der Waals surface area contributed by atoms with Gasteiger partial charge in [-0.1, -0.05) is 0 Å². The number of rotatable bonds is 6. The van der Waals surface area contributed by atoms with Crippen LogP contribution in [-0.4, -0.2) is 47.9 Å². The van der Waals surface area contributed by atoms with Crippen LogP contribution in [0.15, 0.2) is 0 Å². The monoisotopic (exact) mass is 262 g/mol. The summed E-state index contributed by atoms with van der Waals surface area (Å²) in [6, 6.07) is -0.684. The summed E-state index contributed by atoms with van der Waals surface area (Å²) in [6.07, 6.45) is 5.38. The highest BCUT2D eigenvalue weighted by molar-refractivity contribution is 7.98. The SMILES string of the molecule is CSCC[C@@H]1NC(=O)[C@H](CCSC)NC1=O. The molecule has 16 heavy (non-hydrogen) atoms. The maximum Gasteiger partial charge on any atom is 0.243 e. The van der Waals surface area contributed by atoms with Gasteiger partial charge in [0.15, 0.2) is 0 Å². The Labute approximate surface area is 105 Å². The van der Waals surface area contributed by atoms with Crippen LogP contribution in [0.3, 0.4) is 0 Å². The van der Waals surface area contributed by atoms with Crippen LogP contribution in [0.4, 0.5) is 0 Å². The first-order valence-electron chi connectivity index (χ1n) is 5.27. The molecule has 1 fully saturated rings. The van der Waals surface area contributed by atoms with Gasteiger partial charge in [0.05, 0.1) is 0 Å². The number of carbonyl (C=O) groups is 2. The number of amides is 2. The van der Waals surface area contributed by atoms with E-state index in [1.165, 1.54) is 0 Å². The van der Waals surface area contributed by atoms with Crippen LogP contribution in [0.5, 0.6) is 0 Å². The number of nitrogens with one attached hydrogen (secondary N) is 2. The zero-order chi connectivity index (χ0) is 12.0. The smallest absolute Gasteiger partial charge is 0.243 e. The molecule has 0 aliphatic carbocycles. The molecule has 2 N–H and O–H groups in total. The Morgan fingerprint density at radius 1 is 0.938 bits per heavy atom. The molecule has 0 bridgehead atoms. The predicted molar refractivity (Wildman–Crippen MR) is 69.9 cm³/mol. The van der Waals surface area contributed by atoms with Gasteiger partial charge in [-0.2, -0.15) is 23.5 Å². The third-order valence-electron chi connectivity index (χ3n) is 2.49. The summed E-state index contributed by atoms with van der Waals surface area (Å²) in [5.41, 5.74) is 0. The first-order valence-corrected chi connectivity index (χ1v) is 8.06. The molecule has 0 unspecified atom stereocenters. The van der Waals surface area contributed by atoms with Crippen molar-refractivity contribution < 1.29 is 9.59 Å². The van der Waals surface area contributed by atoms with Crippen molar-refractivity contribution in [3.8, 4) is 0 Å². The van der Waals surface area contributed by atoms with E-state index in [1.54, 1.807) is 23.5 Å². The third kappa shape index (κ3) is 3.90. The number of hydrogen-bond donors (Lipinski definition) is 2. The van der Waals surface area contributed by atoms with Gasteiger partial charge in [-0.25, -0.2) is 0 Å². The molecule has 92 valence electrons. The Bertz CT molecular complexity index is 235. The molecule has 0 spiro atoms. The summed E-state index contributed by atoms with van der Waals surface area (Å²) < 4.78 is 0. The maximum absolute atomic E-state index is 11.7. The highest BCUT2D eigenvalue weighted by atomic mass is 32.2. The highest BCUT2D eigenvalue weighted by Gasteiger charge is 2.32. The topological polar surface area (TPSA) is 58.2 Å². The molecule has 1 aliphatic rings. The van der Waals surface area contributed by atoms with Crippen molar-refractivity contribution in [1.29, 1.82) is 0 Å². The quantitative estimate of drug-likeness (QED) is 0.731. The number of piperazine rings is 1. The second-order valence-electron chi connectivity index (χ2n) is 3.69. The van der Waals surface area contributed by atoms with Gasteiger partial charge < -0.3 is 10.6 Å². The minimum absolute atomic E-state index is 0.0419. The molecule has 2 atom stereocenters. The maximum atomic E-state index is 11.7. The first kappa shape index (κ1) is 13.7. The Hall–Kier alpha value is -0.360. The summed E-state index contributed by atoms with van der Waals surface area (Å²) in [7, 11) is 0. The fraction of sp³-hybridized carbons (Fsp3) is 0.800. The molecule has 0 aromatic carbocycles. The van der Waals surface area contributed by atoms with E-state index < -0.39 is 0 Å². The van der Waals surface area contributed by atoms with Crippen LogP contribution < -0.4 is 10.6 Å². The standard InChI is InChI=1S/C10H18N2O2S2/c1-15-5-3-7-9(13)12-8(4-6-16-2)10(14)11-7/h7-8H,3-6H2,1-2H3,(H,11,14)(H,12,13)/t7-,8-/m0/s1. The normalized spacial score (nSPS) is 25.1. The van der Waals surface area contributed by atoms with E-state index in [1.807, 2.05) is 12.5 Å². The van der Waals surface area contributed by atoms with Crippen molar-refractivity contribution in [2.45, 2.75) is 24.9 Å². The Morgan fingerprint density at radius 3 is 1.62 bits per heavy atom. The van der Waals surface area contributed by atoms with E-state index in [0.29, 0.717) is 12.8 Å². The molecule has 1 rings (SSSR count). The lowest BCUT2D eigenvalue weighted by Gasteiger charge is -2.29. The summed E-state index contributed by atoms with van der Waals surface area (Å²) >= 11 is 3.36. The molecule has 1 saturated heterocycles. The van der Waals surface area contributed by atoms with E-state index in [-0.39, 0.29) is 23.9 Å². The van der Waals surface area contributed by atoms with Gasteiger partial charge in [0, 0.05) is 0 Å². The third-order valence-corrected chi connectivity index (χ3v) is 3.78. The lowest BCUT2D eigenvalue weighted by Crippen LogP contribution is -2.61.